The smallest absolute Gasteiger partial charge is 0.335 e. The minimum atomic E-state index is -0.883. The molecular weight excluding hydrogens is 374 g/mol. The molecule has 0 saturated heterocycles. The highest BCUT2D eigenvalue weighted by atomic mass is 16.4. The first kappa shape index (κ1) is 18.9. The van der Waals surface area contributed by atoms with Gasteiger partial charge in [0.2, 0.25) is 0 Å². The zero-order valence-corrected chi connectivity index (χ0v) is 17.1. The van der Waals surface area contributed by atoms with Gasteiger partial charge < -0.3 is 5.11 Å². The van der Waals surface area contributed by atoms with Gasteiger partial charge >= 0.3 is 5.97 Å². The molecule has 30 heavy (non-hydrogen) atoms. The normalized spacial score (nSPS) is 22.9. The molecule has 2 atom stereocenters. The molecule has 2 aromatic rings. The molecular formula is C25H25N3O2. The summed E-state index contributed by atoms with van der Waals surface area (Å²) in [5, 5.41) is 26.0. The standard InChI is InChI=1S/C25H25N3O2/c1-15-12-20(9-6-19(15)14-26)28-24(16-4-2-3-5-16)22-11-7-17-13-18(25(29)30)8-10-21(17)23(22)27-28/h6,8-10,12-13,16,22,24H,2-5,7,11H2,1H3,(H,29,30)/t22-,24-/m1/s1. The van der Waals surface area contributed by atoms with Crippen molar-refractivity contribution in [2.75, 3.05) is 5.01 Å². The summed E-state index contributed by atoms with van der Waals surface area (Å²) in [4.78, 5) is 11.4. The molecule has 1 N–H and O–H groups in total. The number of nitriles is 1. The van der Waals surface area contributed by atoms with Gasteiger partial charge in [-0.3, -0.25) is 5.01 Å². The number of benzene rings is 2. The van der Waals surface area contributed by atoms with Crippen molar-refractivity contribution >= 4 is 17.4 Å². The van der Waals surface area contributed by atoms with Crippen LogP contribution < -0.4 is 5.01 Å². The van der Waals surface area contributed by atoms with Gasteiger partial charge in [-0.25, -0.2) is 4.79 Å². The van der Waals surface area contributed by atoms with Crippen LogP contribution in [0.5, 0.6) is 0 Å². The lowest BCUT2D eigenvalue weighted by Crippen LogP contribution is -2.40. The second-order valence-electron chi connectivity index (χ2n) is 8.80. The molecule has 5 nitrogen and oxygen atoms in total. The Hall–Kier alpha value is -3.13. The van der Waals surface area contributed by atoms with Crippen LogP contribution >= 0.6 is 0 Å². The maximum absolute atomic E-state index is 11.4. The highest BCUT2D eigenvalue weighted by molar-refractivity contribution is 6.07. The van der Waals surface area contributed by atoms with E-state index in [1.54, 1.807) is 6.07 Å². The van der Waals surface area contributed by atoms with E-state index in [0.717, 1.165) is 40.9 Å². The van der Waals surface area contributed by atoms with E-state index >= 15 is 0 Å². The number of carbonyl (C=O) groups is 1. The first-order chi connectivity index (χ1) is 14.6. The average Bonchev–Trinajstić information content (AvgIpc) is 3.40. The Morgan fingerprint density at radius 3 is 2.67 bits per heavy atom. The van der Waals surface area contributed by atoms with E-state index in [0.29, 0.717) is 29.0 Å². The van der Waals surface area contributed by atoms with Gasteiger partial charge in [0.1, 0.15) is 0 Å². The van der Waals surface area contributed by atoms with Crippen LogP contribution in [0.25, 0.3) is 0 Å². The van der Waals surface area contributed by atoms with Crippen LogP contribution in [-0.4, -0.2) is 22.8 Å². The maximum atomic E-state index is 11.4. The van der Waals surface area contributed by atoms with Crippen molar-refractivity contribution in [2.45, 2.75) is 51.5 Å². The fourth-order valence-corrected chi connectivity index (χ4v) is 5.62. The molecule has 0 unspecified atom stereocenters. The van der Waals surface area contributed by atoms with Crippen LogP contribution in [0, 0.1) is 30.1 Å². The maximum Gasteiger partial charge on any atom is 0.335 e. The molecule has 1 fully saturated rings. The van der Waals surface area contributed by atoms with Crippen molar-refractivity contribution in [3.8, 4) is 6.07 Å². The second-order valence-corrected chi connectivity index (χ2v) is 8.80. The molecule has 152 valence electrons. The molecule has 3 aliphatic rings. The van der Waals surface area contributed by atoms with E-state index in [4.69, 9.17) is 5.10 Å². The number of carboxylic acid groups (broad SMARTS) is 1. The van der Waals surface area contributed by atoms with Crippen LogP contribution in [0.1, 0.15) is 64.7 Å². The van der Waals surface area contributed by atoms with Crippen LogP contribution in [0.3, 0.4) is 0 Å². The summed E-state index contributed by atoms with van der Waals surface area (Å²) in [7, 11) is 0. The molecule has 2 aromatic carbocycles. The van der Waals surface area contributed by atoms with Crippen molar-refractivity contribution < 1.29 is 9.90 Å². The lowest BCUT2D eigenvalue weighted by Gasteiger charge is -2.34. The zero-order chi connectivity index (χ0) is 20.8. The number of fused-ring (bicyclic) bond motifs is 3. The van der Waals surface area contributed by atoms with E-state index in [9.17, 15) is 15.2 Å². The van der Waals surface area contributed by atoms with Crippen LogP contribution in [0.4, 0.5) is 5.69 Å². The van der Waals surface area contributed by atoms with Gasteiger partial charge in [0.15, 0.2) is 0 Å². The molecule has 0 radical (unpaired) electrons. The number of aryl methyl sites for hydroxylation is 2. The predicted octanol–water partition coefficient (Wildman–Crippen LogP) is 4.91. The molecule has 0 aromatic heterocycles. The van der Waals surface area contributed by atoms with Gasteiger partial charge in [-0.2, -0.15) is 10.4 Å². The zero-order valence-electron chi connectivity index (χ0n) is 17.1. The van der Waals surface area contributed by atoms with E-state index in [-0.39, 0.29) is 0 Å². The highest BCUT2D eigenvalue weighted by Gasteiger charge is 2.45. The largest absolute Gasteiger partial charge is 0.478 e. The number of nitrogens with zero attached hydrogens (tertiary/aromatic N) is 3. The Morgan fingerprint density at radius 1 is 1.17 bits per heavy atom. The van der Waals surface area contributed by atoms with Crippen molar-refractivity contribution in [1.82, 2.24) is 0 Å². The molecule has 0 spiro atoms. The molecule has 1 saturated carbocycles. The number of hydrogen-bond donors (Lipinski definition) is 1. The van der Waals surface area contributed by atoms with Crippen molar-refractivity contribution in [2.24, 2.45) is 16.9 Å². The minimum Gasteiger partial charge on any atom is -0.478 e. The average molecular weight is 399 g/mol. The highest BCUT2D eigenvalue weighted by Crippen LogP contribution is 2.45. The summed E-state index contributed by atoms with van der Waals surface area (Å²) < 4.78 is 0. The summed E-state index contributed by atoms with van der Waals surface area (Å²) in [5.74, 6) is 0.103. The van der Waals surface area contributed by atoms with E-state index in [1.165, 1.54) is 25.7 Å². The minimum absolute atomic E-state index is 0.335. The van der Waals surface area contributed by atoms with Gasteiger partial charge in [0.25, 0.3) is 0 Å². The Balaban J connectivity index is 1.59. The summed E-state index contributed by atoms with van der Waals surface area (Å²) >= 11 is 0. The Labute approximate surface area is 176 Å². The molecule has 5 heteroatoms. The third-order valence-electron chi connectivity index (χ3n) is 7.09. The monoisotopic (exact) mass is 399 g/mol. The Morgan fingerprint density at radius 2 is 1.97 bits per heavy atom. The Bertz CT molecular complexity index is 1090. The third kappa shape index (κ3) is 2.99. The van der Waals surface area contributed by atoms with E-state index in [2.05, 4.69) is 17.1 Å². The number of rotatable bonds is 3. The van der Waals surface area contributed by atoms with Crippen molar-refractivity contribution in [1.29, 1.82) is 5.26 Å². The summed E-state index contributed by atoms with van der Waals surface area (Å²) in [6, 6.07) is 14.0. The summed E-state index contributed by atoms with van der Waals surface area (Å²) in [6.45, 7) is 1.98. The fraction of sp³-hybridized carbons (Fsp3) is 0.400. The SMILES string of the molecule is Cc1cc(N2N=C3c4ccc(C(=O)O)cc4CC[C@H]3[C@H]2C2CCCC2)ccc1C#N. The quantitative estimate of drug-likeness (QED) is 0.795. The number of aromatic carboxylic acids is 1. The van der Waals surface area contributed by atoms with Crippen LogP contribution in [0.2, 0.25) is 0 Å². The molecule has 1 aliphatic heterocycles. The van der Waals surface area contributed by atoms with Gasteiger partial charge in [-0.15, -0.1) is 0 Å². The van der Waals surface area contributed by atoms with Crippen LogP contribution in [0.15, 0.2) is 41.5 Å². The van der Waals surface area contributed by atoms with Gasteiger partial charge in [0, 0.05) is 11.5 Å². The first-order valence-electron chi connectivity index (χ1n) is 10.8. The predicted molar refractivity (Wildman–Crippen MR) is 116 cm³/mol. The van der Waals surface area contributed by atoms with Crippen LogP contribution in [-0.2, 0) is 6.42 Å². The first-order valence-corrected chi connectivity index (χ1v) is 10.8. The third-order valence-corrected chi connectivity index (χ3v) is 7.09. The lowest BCUT2D eigenvalue weighted by atomic mass is 9.75. The lowest BCUT2D eigenvalue weighted by molar-refractivity contribution is 0.0696. The molecule has 5 rings (SSSR count). The number of carboxylic acids is 1. The topological polar surface area (TPSA) is 76.7 Å². The van der Waals surface area contributed by atoms with E-state index < -0.39 is 5.97 Å². The van der Waals surface area contributed by atoms with Gasteiger partial charge in [-0.1, -0.05) is 18.9 Å². The van der Waals surface area contributed by atoms with Gasteiger partial charge in [0.05, 0.1) is 34.6 Å². The Kier molecular flexibility index (Phi) is 4.58. The van der Waals surface area contributed by atoms with E-state index in [1.807, 2.05) is 31.2 Å². The van der Waals surface area contributed by atoms with Crippen molar-refractivity contribution in [3.63, 3.8) is 0 Å². The molecule has 1 heterocycles. The second kappa shape index (κ2) is 7.28. The molecule has 0 bridgehead atoms. The van der Waals surface area contributed by atoms with Gasteiger partial charge in [-0.05, 0) is 80.0 Å². The number of hydrazone groups is 1. The number of anilines is 1. The molecule has 2 aliphatic carbocycles. The summed E-state index contributed by atoms with van der Waals surface area (Å²) in [6.07, 6.45) is 6.93. The fourth-order valence-electron chi connectivity index (χ4n) is 5.62. The summed E-state index contributed by atoms with van der Waals surface area (Å²) in [5.41, 5.74) is 6.37. The number of hydrogen-bond acceptors (Lipinski definition) is 4. The van der Waals surface area contributed by atoms with Crippen molar-refractivity contribution in [3.05, 3.63) is 64.2 Å². The molecule has 0 amide bonds.